The van der Waals surface area contributed by atoms with Gasteiger partial charge in [0, 0.05) is 23.7 Å². The van der Waals surface area contributed by atoms with Gasteiger partial charge in [0.1, 0.15) is 0 Å². The van der Waals surface area contributed by atoms with Crippen LogP contribution in [-0.2, 0) is 10.0 Å². The number of rotatable bonds is 7. The second-order valence-corrected chi connectivity index (χ2v) is 8.38. The Kier molecular flexibility index (Phi) is 7.56. The number of nitrogens with two attached hydrogens (primary N) is 1. The van der Waals surface area contributed by atoms with Crippen molar-refractivity contribution < 1.29 is 13.2 Å². The molecule has 1 aliphatic carbocycles. The standard InChI is InChI=1S/C20H24N2O3S.ClH/c21-14-18(15-8-4-5-9-15)22-26(24,25)19-13-7-6-12-17(19)20(23)16-10-2-1-3-11-16;/h1-3,6-7,10-13,15,18,22H,4-5,8-9,14,21H2;1H. The van der Waals surface area contributed by atoms with Crippen LogP contribution in [0.2, 0.25) is 0 Å². The molecule has 0 aliphatic heterocycles. The third-order valence-corrected chi connectivity index (χ3v) is 6.53. The normalized spacial score (nSPS) is 15.9. The number of sulfonamides is 1. The smallest absolute Gasteiger partial charge is 0.241 e. The fourth-order valence-corrected chi connectivity index (χ4v) is 5.12. The molecule has 0 heterocycles. The maximum Gasteiger partial charge on any atom is 0.241 e. The number of carbonyl (C=O) groups is 1. The van der Waals surface area contributed by atoms with E-state index >= 15 is 0 Å². The van der Waals surface area contributed by atoms with E-state index in [9.17, 15) is 13.2 Å². The second-order valence-electron chi connectivity index (χ2n) is 6.70. The van der Waals surface area contributed by atoms with Crippen LogP contribution in [0.5, 0.6) is 0 Å². The molecule has 27 heavy (non-hydrogen) atoms. The van der Waals surface area contributed by atoms with E-state index in [2.05, 4.69) is 4.72 Å². The second kappa shape index (κ2) is 9.46. The monoisotopic (exact) mass is 408 g/mol. The van der Waals surface area contributed by atoms with Crippen LogP contribution in [0, 0.1) is 5.92 Å². The molecule has 0 aromatic heterocycles. The highest BCUT2D eigenvalue weighted by Crippen LogP contribution is 2.28. The average molecular weight is 409 g/mol. The Balaban J connectivity index is 0.00000261. The zero-order chi connectivity index (χ0) is 18.6. The first-order chi connectivity index (χ1) is 12.5. The summed E-state index contributed by atoms with van der Waals surface area (Å²) in [7, 11) is -3.84. The minimum Gasteiger partial charge on any atom is -0.329 e. The number of benzene rings is 2. The van der Waals surface area contributed by atoms with Crippen LogP contribution >= 0.6 is 12.4 Å². The highest BCUT2D eigenvalue weighted by molar-refractivity contribution is 7.89. The lowest BCUT2D eigenvalue weighted by atomic mass is 9.99. The van der Waals surface area contributed by atoms with Gasteiger partial charge < -0.3 is 5.73 Å². The highest BCUT2D eigenvalue weighted by atomic mass is 35.5. The number of carbonyl (C=O) groups excluding carboxylic acids is 1. The van der Waals surface area contributed by atoms with Crippen LogP contribution in [-0.4, -0.2) is 26.8 Å². The minimum atomic E-state index is -3.84. The molecule has 1 atom stereocenters. The molecule has 1 fully saturated rings. The van der Waals surface area contributed by atoms with Crippen LogP contribution in [0.1, 0.15) is 41.6 Å². The fraction of sp³-hybridized carbons (Fsp3) is 0.350. The van der Waals surface area contributed by atoms with E-state index in [0.717, 1.165) is 25.7 Å². The minimum absolute atomic E-state index is 0. The molecule has 0 saturated heterocycles. The lowest BCUT2D eigenvalue weighted by molar-refractivity contribution is 0.103. The van der Waals surface area contributed by atoms with Crippen LogP contribution in [0.3, 0.4) is 0 Å². The van der Waals surface area contributed by atoms with E-state index in [-0.39, 0.29) is 47.2 Å². The molecule has 0 spiro atoms. The van der Waals surface area contributed by atoms with Crippen LogP contribution in [0.25, 0.3) is 0 Å². The molecule has 2 aromatic carbocycles. The highest BCUT2D eigenvalue weighted by Gasteiger charge is 2.30. The summed E-state index contributed by atoms with van der Waals surface area (Å²) >= 11 is 0. The summed E-state index contributed by atoms with van der Waals surface area (Å²) in [5.74, 6) is -0.0523. The van der Waals surface area contributed by atoms with Gasteiger partial charge in [-0.05, 0) is 30.9 Å². The number of nitrogens with one attached hydrogen (secondary N) is 1. The quantitative estimate of drug-likeness (QED) is 0.688. The SMILES string of the molecule is Cl.NCC(NS(=O)(=O)c1ccccc1C(=O)c1ccccc1)C1CCCC1. The van der Waals surface area contributed by atoms with E-state index in [1.165, 1.54) is 6.07 Å². The molecule has 146 valence electrons. The third kappa shape index (κ3) is 4.96. The largest absolute Gasteiger partial charge is 0.329 e. The van der Waals surface area contributed by atoms with Crippen molar-refractivity contribution >= 4 is 28.2 Å². The van der Waals surface area contributed by atoms with Crippen molar-refractivity contribution in [3.05, 3.63) is 65.7 Å². The maximum absolute atomic E-state index is 13.0. The van der Waals surface area contributed by atoms with Gasteiger partial charge in [0.25, 0.3) is 0 Å². The van der Waals surface area contributed by atoms with Crippen molar-refractivity contribution in [2.24, 2.45) is 11.7 Å². The van der Waals surface area contributed by atoms with Gasteiger partial charge in [0.05, 0.1) is 4.90 Å². The van der Waals surface area contributed by atoms with Crippen molar-refractivity contribution in [3.63, 3.8) is 0 Å². The third-order valence-electron chi connectivity index (χ3n) is 4.99. The lowest BCUT2D eigenvalue weighted by Crippen LogP contribution is -2.44. The van der Waals surface area contributed by atoms with Gasteiger partial charge in [-0.1, -0.05) is 55.3 Å². The summed E-state index contributed by atoms with van der Waals surface area (Å²) in [6.45, 7) is 0.249. The van der Waals surface area contributed by atoms with Gasteiger partial charge in [0.2, 0.25) is 10.0 Å². The Morgan fingerprint density at radius 2 is 1.63 bits per heavy atom. The summed E-state index contributed by atoms with van der Waals surface area (Å²) < 4.78 is 28.7. The van der Waals surface area contributed by atoms with Gasteiger partial charge in [-0.2, -0.15) is 0 Å². The van der Waals surface area contributed by atoms with Gasteiger partial charge >= 0.3 is 0 Å². The molecule has 1 aliphatic rings. The Labute approximate surface area is 166 Å². The van der Waals surface area contributed by atoms with Crippen LogP contribution in [0.4, 0.5) is 0 Å². The predicted octanol–water partition coefficient (Wildman–Crippen LogP) is 3.14. The molecule has 1 unspecified atom stereocenters. The fourth-order valence-electron chi connectivity index (χ4n) is 3.59. The summed E-state index contributed by atoms with van der Waals surface area (Å²) in [5, 5.41) is 0. The molecule has 3 rings (SSSR count). The molecule has 0 amide bonds. The Morgan fingerprint density at radius 3 is 2.26 bits per heavy atom. The Hall–Kier alpha value is -1.73. The Bertz CT molecular complexity index is 866. The van der Waals surface area contributed by atoms with E-state index < -0.39 is 10.0 Å². The van der Waals surface area contributed by atoms with Gasteiger partial charge in [-0.25, -0.2) is 13.1 Å². The maximum atomic E-state index is 13.0. The number of hydrogen-bond donors (Lipinski definition) is 2. The van der Waals surface area contributed by atoms with Crippen LogP contribution in [0.15, 0.2) is 59.5 Å². The molecule has 0 radical (unpaired) electrons. The Morgan fingerprint density at radius 1 is 1.04 bits per heavy atom. The summed E-state index contributed by atoms with van der Waals surface area (Å²) in [4.78, 5) is 12.8. The lowest BCUT2D eigenvalue weighted by Gasteiger charge is -2.23. The predicted molar refractivity (Wildman–Crippen MR) is 109 cm³/mol. The zero-order valence-electron chi connectivity index (χ0n) is 15.0. The molecule has 0 bridgehead atoms. The van der Waals surface area contributed by atoms with E-state index in [1.807, 2.05) is 6.07 Å². The molecule has 1 saturated carbocycles. The first kappa shape index (κ1) is 21.6. The first-order valence-corrected chi connectivity index (χ1v) is 10.4. The van der Waals surface area contributed by atoms with Crippen molar-refractivity contribution in [2.75, 3.05) is 6.54 Å². The summed E-state index contributed by atoms with van der Waals surface area (Å²) in [6, 6.07) is 14.7. The van der Waals surface area contributed by atoms with Crippen molar-refractivity contribution in [3.8, 4) is 0 Å². The molecule has 5 nitrogen and oxygen atoms in total. The molecule has 3 N–H and O–H groups in total. The average Bonchev–Trinajstić information content (AvgIpc) is 3.21. The number of ketones is 1. The molecular formula is C20H25ClN2O3S. The van der Waals surface area contributed by atoms with E-state index in [1.54, 1.807) is 42.5 Å². The topological polar surface area (TPSA) is 89.3 Å². The van der Waals surface area contributed by atoms with E-state index in [0.29, 0.717) is 5.56 Å². The number of hydrogen-bond acceptors (Lipinski definition) is 4. The van der Waals surface area contributed by atoms with Crippen LogP contribution < -0.4 is 10.5 Å². The van der Waals surface area contributed by atoms with Gasteiger partial charge in [-0.15, -0.1) is 12.4 Å². The summed E-state index contributed by atoms with van der Waals surface area (Å²) in [6.07, 6.45) is 4.17. The van der Waals surface area contributed by atoms with Gasteiger partial charge in [0.15, 0.2) is 5.78 Å². The van der Waals surface area contributed by atoms with E-state index in [4.69, 9.17) is 5.73 Å². The number of halogens is 1. The van der Waals surface area contributed by atoms with Gasteiger partial charge in [-0.3, -0.25) is 4.79 Å². The molecule has 2 aromatic rings. The van der Waals surface area contributed by atoms with Crippen molar-refractivity contribution in [1.82, 2.24) is 4.72 Å². The zero-order valence-corrected chi connectivity index (χ0v) is 16.6. The van der Waals surface area contributed by atoms with Crippen molar-refractivity contribution in [2.45, 2.75) is 36.6 Å². The molecular weight excluding hydrogens is 384 g/mol. The van der Waals surface area contributed by atoms with Crippen molar-refractivity contribution in [1.29, 1.82) is 0 Å². The molecule has 7 heteroatoms. The first-order valence-electron chi connectivity index (χ1n) is 8.94. The summed E-state index contributed by atoms with van der Waals surface area (Å²) in [5.41, 5.74) is 6.47.